The molecular weight excluding hydrogens is 88.1 g/mol. The summed E-state index contributed by atoms with van der Waals surface area (Å²) in [7, 11) is 0. The van der Waals surface area contributed by atoms with Gasteiger partial charge < -0.3 is 0 Å². The third-order valence-electron chi connectivity index (χ3n) is 0.570. The molecule has 0 aliphatic heterocycles. The van der Waals surface area contributed by atoms with Gasteiger partial charge in [0.1, 0.15) is 0 Å². The summed E-state index contributed by atoms with van der Waals surface area (Å²) in [5, 5.41) is 0. The lowest BCUT2D eigenvalue weighted by atomic mass is 10.6. The Balaban J connectivity index is 2.82. The lowest BCUT2D eigenvalue weighted by molar-refractivity contribution is 0.987. The van der Waals surface area contributed by atoms with E-state index in [9.17, 15) is 0 Å². The van der Waals surface area contributed by atoms with Gasteiger partial charge in [0.15, 0.2) is 0 Å². The Kier molecular flexibility index (Phi) is 4.84. The highest BCUT2D eigenvalue weighted by Gasteiger charge is 1.69. The molecule has 0 N–H and O–H groups in total. The molecule has 0 saturated carbocycles. The molecule has 0 aromatic heterocycles. The van der Waals surface area contributed by atoms with Crippen LogP contribution in [0.15, 0.2) is 9.98 Å². The summed E-state index contributed by atoms with van der Waals surface area (Å²) in [6, 6.07) is 0. The van der Waals surface area contributed by atoms with Crippen molar-refractivity contribution in [3.05, 3.63) is 0 Å². The maximum Gasteiger partial charge on any atom is 0.0580 e. The van der Waals surface area contributed by atoms with Crippen molar-refractivity contribution in [1.82, 2.24) is 0 Å². The molecule has 0 saturated heterocycles. The van der Waals surface area contributed by atoms with Gasteiger partial charge in [0.25, 0.3) is 0 Å². The Hall–Kier alpha value is -0.660. The Bertz CT molecular complexity index is 66.5. The molecule has 0 aromatic rings. The van der Waals surface area contributed by atoms with E-state index in [2.05, 4.69) is 16.7 Å². The predicted molar refractivity (Wildman–Crippen MR) is 33.4 cm³/mol. The van der Waals surface area contributed by atoms with Crippen molar-refractivity contribution in [1.29, 1.82) is 0 Å². The summed E-state index contributed by atoms with van der Waals surface area (Å²) < 4.78 is 0. The molecule has 0 amide bonds. The van der Waals surface area contributed by atoms with Crippen LogP contribution >= 0.6 is 0 Å². The van der Waals surface area contributed by atoms with Crippen molar-refractivity contribution >= 4 is 12.9 Å². The molecule has 0 bridgehead atoms. The van der Waals surface area contributed by atoms with E-state index in [4.69, 9.17) is 0 Å². The fraction of sp³-hybridized carbons (Fsp3) is 0.600. The fourth-order valence-electron chi connectivity index (χ4n) is 0.258. The van der Waals surface area contributed by atoms with Crippen LogP contribution < -0.4 is 0 Å². The number of hydrogen-bond acceptors (Lipinski definition) is 2. The van der Waals surface area contributed by atoms with Crippen LogP contribution in [0.3, 0.4) is 0 Å². The molecule has 0 aliphatic rings. The van der Waals surface area contributed by atoms with Gasteiger partial charge in [0, 0.05) is 0 Å². The maximum absolute atomic E-state index is 3.90. The first-order valence-electron chi connectivity index (χ1n) is 2.28. The molecule has 0 aliphatic carbocycles. The molecular formula is C5H10N2. The van der Waals surface area contributed by atoms with Crippen molar-refractivity contribution in [2.45, 2.75) is 6.92 Å². The average Bonchev–Trinajstić information content (AvgIpc) is 1.69. The molecule has 0 radical (unpaired) electrons. The normalized spacial score (nSPS) is 9.86. The van der Waals surface area contributed by atoms with Crippen molar-refractivity contribution in [2.75, 3.05) is 13.1 Å². The Morgan fingerprint density at radius 1 is 1.57 bits per heavy atom. The summed E-state index contributed by atoms with van der Waals surface area (Å²) >= 11 is 0. The molecule has 0 atom stereocenters. The average molecular weight is 98.1 g/mol. The SMILES string of the molecule is C=NCC/N=C\C. The monoisotopic (exact) mass is 98.1 g/mol. The van der Waals surface area contributed by atoms with E-state index in [1.807, 2.05) is 6.92 Å². The van der Waals surface area contributed by atoms with Gasteiger partial charge in [-0.25, -0.2) is 0 Å². The maximum atomic E-state index is 3.90. The van der Waals surface area contributed by atoms with E-state index in [0.717, 1.165) is 13.1 Å². The predicted octanol–water partition coefficient (Wildman–Crippen LogP) is 0.778. The van der Waals surface area contributed by atoms with Crippen LogP contribution in [0.5, 0.6) is 0 Å². The zero-order valence-corrected chi connectivity index (χ0v) is 4.59. The highest BCUT2D eigenvalue weighted by atomic mass is 14.8. The second-order valence-corrected chi connectivity index (χ2v) is 1.11. The van der Waals surface area contributed by atoms with Crippen molar-refractivity contribution in [3.8, 4) is 0 Å². The Morgan fingerprint density at radius 2 is 2.29 bits per heavy atom. The van der Waals surface area contributed by atoms with Crippen LogP contribution in [-0.2, 0) is 0 Å². The van der Waals surface area contributed by atoms with Crippen LogP contribution in [0.25, 0.3) is 0 Å². The van der Waals surface area contributed by atoms with E-state index in [1.54, 1.807) is 6.21 Å². The first-order valence-corrected chi connectivity index (χ1v) is 2.28. The minimum Gasteiger partial charge on any atom is -0.299 e. The fourth-order valence-corrected chi connectivity index (χ4v) is 0.258. The minimum absolute atomic E-state index is 0.740. The standard InChI is InChI=1S/C5H10N2/c1-3-7-5-4-6-2/h3H,2,4-5H2,1H3/b7-3-. The largest absolute Gasteiger partial charge is 0.299 e. The summed E-state index contributed by atoms with van der Waals surface area (Å²) in [5.41, 5.74) is 0. The minimum atomic E-state index is 0.740. The van der Waals surface area contributed by atoms with Crippen molar-refractivity contribution in [2.24, 2.45) is 9.98 Å². The number of hydrogen-bond donors (Lipinski definition) is 0. The first-order chi connectivity index (χ1) is 3.41. The third-order valence-corrected chi connectivity index (χ3v) is 0.570. The zero-order chi connectivity index (χ0) is 5.54. The van der Waals surface area contributed by atoms with Gasteiger partial charge in [-0.1, -0.05) is 0 Å². The van der Waals surface area contributed by atoms with Crippen LogP contribution in [0.1, 0.15) is 6.92 Å². The number of nitrogens with zero attached hydrogens (tertiary/aromatic N) is 2. The van der Waals surface area contributed by atoms with Crippen molar-refractivity contribution < 1.29 is 0 Å². The molecule has 0 unspecified atom stereocenters. The molecule has 0 fully saturated rings. The molecule has 2 heteroatoms. The zero-order valence-electron chi connectivity index (χ0n) is 4.59. The molecule has 0 heterocycles. The summed E-state index contributed by atoms with van der Waals surface area (Å²) in [4.78, 5) is 7.51. The van der Waals surface area contributed by atoms with Gasteiger partial charge in [0.05, 0.1) is 13.1 Å². The second-order valence-electron chi connectivity index (χ2n) is 1.11. The topological polar surface area (TPSA) is 24.7 Å². The van der Waals surface area contributed by atoms with E-state index in [0.29, 0.717) is 0 Å². The highest BCUT2D eigenvalue weighted by molar-refractivity contribution is 5.53. The molecule has 7 heavy (non-hydrogen) atoms. The Labute approximate surface area is 44.0 Å². The van der Waals surface area contributed by atoms with Crippen LogP contribution in [0, 0.1) is 0 Å². The third kappa shape index (κ3) is 5.34. The van der Waals surface area contributed by atoms with Gasteiger partial charge in [0.2, 0.25) is 0 Å². The second kappa shape index (κ2) is 5.34. The van der Waals surface area contributed by atoms with Gasteiger partial charge in [-0.3, -0.25) is 9.98 Å². The quantitative estimate of drug-likeness (QED) is 0.368. The summed E-state index contributed by atoms with van der Waals surface area (Å²) in [6.07, 6.45) is 1.77. The van der Waals surface area contributed by atoms with Crippen LogP contribution in [0.4, 0.5) is 0 Å². The molecule has 0 rings (SSSR count). The molecule has 40 valence electrons. The van der Waals surface area contributed by atoms with Crippen LogP contribution in [0.2, 0.25) is 0 Å². The van der Waals surface area contributed by atoms with Crippen LogP contribution in [-0.4, -0.2) is 26.0 Å². The first kappa shape index (κ1) is 6.34. The molecule has 2 nitrogen and oxygen atoms in total. The van der Waals surface area contributed by atoms with E-state index >= 15 is 0 Å². The van der Waals surface area contributed by atoms with Gasteiger partial charge >= 0.3 is 0 Å². The smallest absolute Gasteiger partial charge is 0.0580 e. The van der Waals surface area contributed by atoms with Gasteiger partial charge in [-0.05, 0) is 19.9 Å². The number of aliphatic imine (C=N–C) groups is 2. The van der Waals surface area contributed by atoms with Crippen molar-refractivity contribution in [3.63, 3.8) is 0 Å². The highest BCUT2D eigenvalue weighted by Crippen LogP contribution is 1.67. The summed E-state index contributed by atoms with van der Waals surface area (Å²) in [5.74, 6) is 0. The summed E-state index contributed by atoms with van der Waals surface area (Å²) in [6.45, 7) is 6.72. The van der Waals surface area contributed by atoms with Gasteiger partial charge in [-0.15, -0.1) is 0 Å². The van der Waals surface area contributed by atoms with E-state index in [-0.39, 0.29) is 0 Å². The van der Waals surface area contributed by atoms with E-state index < -0.39 is 0 Å². The lowest BCUT2D eigenvalue weighted by Crippen LogP contribution is -1.83. The molecule has 0 aromatic carbocycles. The number of rotatable bonds is 3. The lowest BCUT2D eigenvalue weighted by Gasteiger charge is -1.80. The van der Waals surface area contributed by atoms with E-state index in [1.165, 1.54) is 0 Å². The molecule has 0 spiro atoms. The Morgan fingerprint density at radius 3 is 2.71 bits per heavy atom. The van der Waals surface area contributed by atoms with Gasteiger partial charge in [-0.2, -0.15) is 0 Å².